The maximum atomic E-state index is 12.0. The molecule has 0 bridgehead atoms. The van der Waals surface area contributed by atoms with Gasteiger partial charge in [-0.05, 0) is 12.1 Å². The molecule has 0 fully saturated rings. The minimum absolute atomic E-state index is 0.134. The first kappa shape index (κ1) is 11.9. The van der Waals surface area contributed by atoms with Crippen LogP contribution in [0.5, 0.6) is 5.75 Å². The molecule has 0 amide bonds. The van der Waals surface area contributed by atoms with Crippen LogP contribution in [0.15, 0.2) is 29.1 Å². The first-order valence-corrected chi connectivity index (χ1v) is 6.13. The fourth-order valence-corrected chi connectivity index (χ4v) is 2.21. The van der Waals surface area contributed by atoms with Crippen molar-refractivity contribution in [3.05, 3.63) is 45.9 Å². The highest BCUT2D eigenvalue weighted by Gasteiger charge is 2.17. The molecule has 1 aromatic heterocycles. The Morgan fingerprint density at radius 3 is 3.05 bits per heavy atom. The van der Waals surface area contributed by atoms with Crippen LogP contribution >= 0.6 is 0 Å². The third-order valence-corrected chi connectivity index (χ3v) is 3.19. The van der Waals surface area contributed by atoms with Gasteiger partial charge >= 0.3 is 0 Å². The highest BCUT2D eigenvalue weighted by atomic mass is 16.5. The molecule has 2 heterocycles. The Bertz CT molecular complexity index is 664. The number of para-hydroxylation sites is 1. The predicted molar refractivity (Wildman–Crippen MR) is 70.2 cm³/mol. The molecule has 1 aliphatic rings. The molecule has 0 spiro atoms. The summed E-state index contributed by atoms with van der Waals surface area (Å²) in [7, 11) is 1.60. The van der Waals surface area contributed by atoms with Crippen molar-refractivity contribution in [3.63, 3.8) is 0 Å². The number of H-pyrrole nitrogens is 1. The highest BCUT2D eigenvalue weighted by Crippen LogP contribution is 2.26. The van der Waals surface area contributed by atoms with Crippen molar-refractivity contribution in [2.24, 2.45) is 0 Å². The zero-order valence-electron chi connectivity index (χ0n) is 10.6. The first-order chi connectivity index (χ1) is 9.29. The van der Waals surface area contributed by atoms with E-state index in [1.54, 1.807) is 7.11 Å². The topological polar surface area (TPSA) is 64.2 Å². The fraction of sp³-hybridized carbons (Fsp3) is 0.286. The van der Waals surface area contributed by atoms with Gasteiger partial charge in [0.05, 0.1) is 37.1 Å². The smallest absolute Gasteiger partial charge is 0.256 e. The minimum Gasteiger partial charge on any atom is -0.496 e. The molecule has 0 unspecified atom stereocenters. The summed E-state index contributed by atoms with van der Waals surface area (Å²) in [5.41, 5.74) is 2.10. The lowest BCUT2D eigenvalue weighted by Gasteiger charge is -2.16. The third kappa shape index (κ3) is 2.13. The van der Waals surface area contributed by atoms with Gasteiger partial charge in [0, 0.05) is 6.42 Å². The Kier molecular flexibility index (Phi) is 3.05. The quantitative estimate of drug-likeness (QED) is 0.887. The average molecular weight is 258 g/mol. The summed E-state index contributed by atoms with van der Waals surface area (Å²) in [5.74, 6) is 1.24. The lowest BCUT2D eigenvalue weighted by molar-refractivity contribution is 0.108. The fourth-order valence-electron chi connectivity index (χ4n) is 2.21. The second kappa shape index (κ2) is 4.85. The molecule has 1 aromatic carbocycles. The van der Waals surface area contributed by atoms with Crippen LogP contribution in [0.1, 0.15) is 11.3 Å². The SMILES string of the molecule is COc1ccccc1-c1nc2c(c(=O)[nH]1)COCC2. The van der Waals surface area contributed by atoms with Crippen molar-refractivity contribution in [1.82, 2.24) is 9.97 Å². The number of fused-ring (bicyclic) bond motifs is 1. The Balaban J connectivity index is 2.16. The van der Waals surface area contributed by atoms with Gasteiger partial charge in [-0.15, -0.1) is 0 Å². The average Bonchev–Trinajstić information content (AvgIpc) is 2.47. The summed E-state index contributed by atoms with van der Waals surface area (Å²) in [5, 5.41) is 0. The van der Waals surface area contributed by atoms with E-state index < -0.39 is 0 Å². The largest absolute Gasteiger partial charge is 0.496 e. The number of methoxy groups -OCH3 is 1. The Hall–Kier alpha value is -2.14. The third-order valence-electron chi connectivity index (χ3n) is 3.19. The molecule has 98 valence electrons. The normalized spacial score (nSPS) is 13.9. The standard InChI is InChI=1S/C14H14N2O3/c1-18-12-5-3-2-4-9(12)13-15-11-6-7-19-8-10(11)14(17)16-13/h2-5H,6-8H2,1H3,(H,15,16,17). The van der Waals surface area contributed by atoms with E-state index in [1.807, 2.05) is 24.3 Å². The van der Waals surface area contributed by atoms with E-state index in [9.17, 15) is 4.79 Å². The number of benzene rings is 1. The van der Waals surface area contributed by atoms with Crippen LogP contribution in [-0.4, -0.2) is 23.7 Å². The molecule has 5 heteroatoms. The van der Waals surface area contributed by atoms with Gasteiger partial charge in [-0.3, -0.25) is 4.79 Å². The van der Waals surface area contributed by atoms with Gasteiger partial charge in [-0.2, -0.15) is 0 Å². The molecule has 1 aliphatic heterocycles. The molecular formula is C14H14N2O3. The zero-order chi connectivity index (χ0) is 13.2. The lowest BCUT2D eigenvalue weighted by Crippen LogP contribution is -2.24. The summed E-state index contributed by atoms with van der Waals surface area (Å²) < 4.78 is 10.6. The van der Waals surface area contributed by atoms with E-state index in [1.165, 1.54) is 0 Å². The molecule has 2 aromatic rings. The van der Waals surface area contributed by atoms with Gasteiger partial charge in [0.25, 0.3) is 5.56 Å². The van der Waals surface area contributed by atoms with Crippen LogP contribution in [0.3, 0.4) is 0 Å². The summed E-state index contributed by atoms with van der Waals surface area (Å²) in [4.78, 5) is 19.4. The Morgan fingerprint density at radius 2 is 2.21 bits per heavy atom. The number of rotatable bonds is 2. The van der Waals surface area contributed by atoms with E-state index in [0.29, 0.717) is 36.8 Å². The summed E-state index contributed by atoms with van der Waals surface area (Å²) in [6.45, 7) is 0.943. The molecule has 19 heavy (non-hydrogen) atoms. The van der Waals surface area contributed by atoms with Crippen molar-refractivity contribution in [3.8, 4) is 17.1 Å². The number of hydrogen-bond donors (Lipinski definition) is 1. The predicted octanol–water partition coefficient (Wildman–Crippen LogP) is 1.52. The van der Waals surface area contributed by atoms with E-state index in [0.717, 1.165) is 11.3 Å². The lowest BCUT2D eigenvalue weighted by atomic mass is 10.1. The van der Waals surface area contributed by atoms with Gasteiger partial charge < -0.3 is 14.5 Å². The number of ether oxygens (including phenoxy) is 2. The van der Waals surface area contributed by atoms with Crippen LogP contribution in [0.25, 0.3) is 11.4 Å². The van der Waals surface area contributed by atoms with Crippen LogP contribution in [0.4, 0.5) is 0 Å². The number of nitrogens with zero attached hydrogens (tertiary/aromatic N) is 1. The Labute approximate surface area is 110 Å². The minimum atomic E-state index is -0.134. The van der Waals surface area contributed by atoms with E-state index in [-0.39, 0.29) is 5.56 Å². The van der Waals surface area contributed by atoms with Crippen molar-refractivity contribution in [2.75, 3.05) is 13.7 Å². The maximum absolute atomic E-state index is 12.0. The van der Waals surface area contributed by atoms with Crippen LogP contribution < -0.4 is 10.3 Å². The summed E-state index contributed by atoms with van der Waals surface area (Å²) >= 11 is 0. The van der Waals surface area contributed by atoms with E-state index >= 15 is 0 Å². The van der Waals surface area contributed by atoms with Crippen molar-refractivity contribution in [1.29, 1.82) is 0 Å². The van der Waals surface area contributed by atoms with E-state index in [4.69, 9.17) is 9.47 Å². The van der Waals surface area contributed by atoms with Crippen LogP contribution in [0.2, 0.25) is 0 Å². The monoisotopic (exact) mass is 258 g/mol. The van der Waals surface area contributed by atoms with Gasteiger partial charge in [-0.25, -0.2) is 4.98 Å². The number of aromatic amines is 1. The second-order valence-corrected chi connectivity index (χ2v) is 4.34. The second-order valence-electron chi connectivity index (χ2n) is 4.34. The number of aromatic nitrogens is 2. The van der Waals surface area contributed by atoms with Crippen LogP contribution in [-0.2, 0) is 17.8 Å². The Morgan fingerprint density at radius 1 is 1.37 bits per heavy atom. The zero-order valence-corrected chi connectivity index (χ0v) is 10.6. The van der Waals surface area contributed by atoms with Crippen LogP contribution in [0, 0.1) is 0 Å². The van der Waals surface area contributed by atoms with Gasteiger partial charge in [0.2, 0.25) is 0 Å². The first-order valence-electron chi connectivity index (χ1n) is 6.13. The molecule has 0 saturated heterocycles. The number of hydrogen-bond acceptors (Lipinski definition) is 4. The molecule has 1 N–H and O–H groups in total. The van der Waals surface area contributed by atoms with Gasteiger partial charge in [-0.1, -0.05) is 12.1 Å². The van der Waals surface area contributed by atoms with Crippen molar-refractivity contribution < 1.29 is 9.47 Å². The van der Waals surface area contributed by atoms with E-state index in [2.05, 4.69) is 9.97 Å². The molecule has 3 rings (SSSR count). The summed E-state index contributed by atoms with van der Waals surface area (Å²) in [6.07, 6.45) is 0.668. The van der Waals surface area contributed by atoms with Crippen molar-refractivity contribution in [2.45, 2.75) is 13.0 Å². The molecule has 5 nitrogen and oxygen atoms in total. The number of nitrogens with one attached hydrogen (secondary N) is 1. The molecule has 0 aliphatic carbocycles. The molecule has 0 radical (unpaired) electrons. The maximum Gasteiger partial charge on any atom is 0.256 e. The molecule has 0 atom stereocenters. The summed E-state index contributed by atoms with van der Waals surface area (Å²) in [6, 6.07) is 7.49. The molecular weight excluding hydrogens is 244 g/mol. The van der Waals surface area contributed by atoms with Gasteiger partial charge in [0.1, 0.15) is 11.6 Å². The van der Waals surface area contributed by atoms with Gasteiger partial charge in [0.15, 0.2) is 0 Å². The highest BCUT2D eigenvalue weighted by molar-refractivity contribution is 5.64. The van der Waals surface area contributed by atoms with Crippen molar-refractivity contribution >= 4 is 0 Å². The molecule has 0 saturated carbocycles.